The highest BCUT2D eigenvalue weighted by Crippen LogP contribution is 2.13. The molecule has 0 atom stereocenters. The van der Waals surface area contributed by atoms with E-state index in [1.54, 1.807) is 0 Å². The Hall–Kier alpha value is -2.05. The van der Waals surface area contributed by atoms with Crippen LogP contribution in [-0.4, -0.2) is 15.5 Å². The molecule has 1 heterocycles. The van der Waals surface area contributed by atoms with Crippen LogP contribution in [0.4, 0.5) is 5.69 Å². The van der Waals surface area contributed by atoms with Crippen molar-refractivity contribution in [2.24, 2.45) is 5.73 Å². The zero-order chi connectivity index (χ0) is 9.30. The predicted octanol–water partition coefficient (Wildman–Crippen LogP) is -0.791. The molecule has 12 heavy (non-hydrogen) atoms. The molecule has 64 valence electrons. The van der Waals surface area contributed by atoms with Gasteiger partial charge in [-0.3, -0.25) is 19.6 Å². The first-order chi connectivity index (χ1) is 5.52. The van der Waals surface area contributed by atoms with Crippen LogP contribution in [0.3, 0.4) is 0 Å². The van der Waals surface area contributed by atoms with Crippen molar-refractivity contribution in [2.45, 2.75) is 0 Å². The zero-order valence-electron chi connectivity index (χ0n) is 5.93. The number of rotatable bonds is 2. The summed E-state index contributed by atoms with van der Waals surface area (Å²) in [5.41, 5.74) is 4.51. The Morgan fingerprint density at radius 3 is 2.50 bits per heavy atom. The second-order valence-electron chi connectivity index (χ2n) is 2.11. The molecule has 0 radical (unpaired) electrons. The van der Waals surface area contributed by atoms with Gasteiger partial charge < -0.3 is 11.6 Å². The Bertz CT molecular complexity index is 342. The fraction of sp³-hybridized carbons (Fsp3) is 0. The maximum Gasteiger partial charge on any atom is 0.289 e. The van der Waals surface area contributed by atoms with Gasteiger partial charge in [0.1, 0.15) is 11.9 Å². The summed E-state index contributed by atoms with van der Waals surface area (Å²) in [6.45, 7) is 0. The number of carbonyl (C=O) groups is 1. The SMILES string of the molecule is NC(=O)c1cc([N+](=O)[O-])cn1N. The highest BCUT2D eigenvalue weighted by molar-refractivity contribution is 5.92. The number of nitrogen functional groups attached to an aromatic ring is 1. The van der Waals surface area contributed by atoms with Crippen LogP contribution < -0.4 is 11.6 Å². The Labute approximate surface area is 66.7 Å². The molecule has 0 spiro atoms. The minimum Gasteiger partial charge on any atom is -0.364 e. The minimum absolute atomic E-state index is 0.0956. The van der Waals surface area contributed by atoms with Gasteiger partial charge in [0.25, 0.3) is 11.6 Å². The van der Waals surface area contributed by atoms with E-state index in [-0.39, 0.29) is 11.4 Å². The largest absolute Gasteiger partial charge is 0.364 e. The molecule has 7 nitrogen and oxygen atoms in total. The second kappa shape index (κ2) is 2.53. The van der Waals surface area contributed by atoms with E-state index in [2.05, 4.69) is 0 Å². The molecule has 0 saturated heterocycles. The predicted molar refractivity (Wildman–Crippen MR) is 39.8 cm³/mol. The molecule has 0 fully saturated rings. The maximum absolute atomic E-state index is 10.6. The number of nitro groups is 1. The maximum atomic E-state index is 10.6. The third kappa shape index (κ3) is 1.19. The van der Waals surface area contributed by atoms with Crippen molar-refractivity contribution in [1.82, 2.24) is 4.68 Å². The van der Waals surface area contributed by atoms with E-state index in [1.165, 1.54) is 0 Å². The zero-order valence-corrected chi connectivity index (χ0v) is 5.93. The first-order valence-corrected chi connectivity index (χ1v) is 2.94. The fourth-order valence-electron chi connectivity index (χ4n) is 0.762. The van der Waals surface area contributed by atoms with Gasteiger partial charge in [0.15, 0.2) is 0 Å². The Morgan fingerprint density at radius 1 is 1.67 bits per heavy atom. The first-order valence-electron chi connectivity index (χ1n) is 2.94. The van der Waals surface area contributed by atoms with E-state index in [4.69, 9.17) is 11.6 Å². The molecule has 0 aliphatic carbocycles. The molecule has 7 heteroatoms. The summed E-state index contributed by atoms with van der Waals surface area (Å²) in [6, 6.07) is 1.02. The lowest BCUT2D eigenvalue weighted by Gasteiger charge is -1.93. The number of nitrogens with zero attached hydrogens (tertiary/aromatic N) is 2. The highest BCUT2D eigenvalue weighted by atomic mass is 16.6. The molecule has 1 amide bonds. The van der Waals surface area contributed by atoms with Crippen LogP contribution in [0.1, 0.15) is 10.5 Å². The van der Waals surface area contributed by atoms with Crippen LogP contribution in [-0.2, 0) is 0 Å². The normalized spacial score (nSPS) is 9.67. The van der Waals surface area contributed by atoms with Crippen molar-refractivity contribution in [1.29, 1.82) is 0 Å². The summed E-state index contributed by atoms with van der Waals surface area (Å²) in [5, 5.41) is 10.2. The topological polar surface area (TPSA) is 117 Å². The standard InChI is InChI=1S/C5H6N4O3/c6-5(10)4-1-3(9(11)12)2-8(4)7/h1-2H,7H2,(H2,6,10). The van der Waals surface area contributed by atoms with Crippen LogP contribution in [0.15, 0.2) is 12.3 Å². The molecule has 1 aromatic heterocycles. The third-order valence-corrected chi connectivity index (χ3v) is 1.30. The van der Waals surface area contributed by atoms with Crippen molar-refractivity contribution >= 4 is 11.6 Å². The number of nitrogens with two attached hydrogens (primary N) is 2. The molecular weight excluding hydrogens is 164 g/mol. The number of hydrogen-bond acceptors (Lipinski definition) is 4. The van der Waals surface area contributed by atoms with Crippen LogP contribution in [0, 0.1) is 10.1 Å². The van der Waals surface area contributed by atoms with Crippen LogP contribution in [0.2, 0.25) is 0 Å². The quantitative estimate of drug-likeness (QED) is 0.343. The van der Waals surface area contributed by atoms with Crippen LogP contribution in [0.25, 0.3) is 0 Å². The first kappa shape index (κ1) is 8.05. The van der Waals surface area contributed by atoms with Gasteiger partial charge >= 0.3 is 0 Å². The molecule has 0 aliphatic heterocycles. The highest BCUT2D eigenvalue weighted by Gasteiger charge is 2.15. The lowest BCUT2D eigenvalue weighted by atomic mass is 10.4. The number of aromatic nitrogens is 1. The molecule has 0 saturated carbocycles. The monoisotopic (exact) mass is 170 g/mol. The number of carbonyl (C=O) groups excluding carboxylic acids is 1. The Balaban J connectivity index is 3.17. The van der Waals surface area contributed by atoms with E-state index >= 15 is 0 Å². The van der Waals surface area contributed by atoms with Gasteiger partial charge in [0.05, 0.1) is 4.92 Å². The number of amides is 1. The van der Waals surface area contributed by atoms with E-state index in [0.29, 0.717) is 0 Å². The number of primary amides is 1. The average molecular weight is 170 g/mol. The van der Waals surface area contributed by atoms with E-state index in [9.17, 15) is 14.9 Å². The summed E-state index contributed by atoms with van der Waals surface area (Å²) < 4.78 is 0.820. The van der Waals surface area contributed by atoms with Crippen LogP contribution >= 0.6 is 0 Å². The summed E-state index contributed by atoms with van der Waals surface area (Å²) in [7, 11) is 0. The molecule has 0 aromatic carbocycles. The molecule has 0 aliphatic rings. The van der Waals surface area contributed by atoms with E-state index in [0.717, 1.165) is 16.9 Å². The van der Waals surface area contributed by atoms with Gasteiger partial charge in [-0.15, -0.1) is 0 Å². The van der Waals surface area contributed by atoms with Crippen molar-refractivity contribution < 1.29 is 9.72 Å². The van der Waals surface area contributed by atoms with Gasteiger partial charge in [0.2, 0.25) is 0 Å². The van der Waals surface area contributed by atoms with Crippen LogP contribution in [0.5, 0.6) is 0 Å². The van der Waals surface area contributed by atoms with Gasteiger partial charge in [-0.1, -0.05) is 0 Å². The molecule has 1 aromatic rings. The molecular formula is C5H6N4O3. The summed E-state index contributed by atoms with van der Waals surface area (Å²) >= 11 is 0. The lowest BCUT2D eigenvalue weighted by Crippen LogP contribution is -2.20. The average Bonchev–Trinajstić information content (AvgIpc) is 2.30. The van der Waals surface area contributed by atoms with Gasteiger partial charge in [-0.25, -0.2) is 0 Å². The second-order valence-corrected chi connectivity index (χ2v) is 2.11. The summed E-state index contributed by atoms with van der Waals surface area (Å²) in [6.07, 6.45) is 1.01. The smallest absolute Gasteiger partial charge is 0.289 e. The van der Waals surface area contributed by atoms with E-state index in [1.807, 2.05) is 0 Å². The lowest BCUT2D eigenvalue weighted by molar-refractivity contribution is -0.384. The third-order valence-electron chi connectivity index (χ3n) is 1.30. The minimum atomic E-state index is -0.800. The number of hydrogen-bond donors (Lipinski definition) is 2. The molecule has 1 rings (SSSR count). The molecule has 0 unspecified atom stereocenters. The van der Waals surface area contributed by atoms with Crippen molar-refractivity contribution in [3.8, 4) is 0 Å². The van der Waals surface area contributed by atoms with Gasteiger partial charge in [-0.05, 0) is 0 Å². The van der Waals surface area contributed by atoms with Gasteiger partial charge in [-0.2, -0.15) is 0 Å². The fourth-order valence-corrected chi connectivity index (χ4v) is 0.762. The van der Waals surface area contributed by atoms with Gasteiger partial charge in [0, 0.05) is 6.07 Å². The van der Waals surface area contributed by atoms with Crippen molar-refractivity contribution in [3.05, 3.63) is 28.1 Å². The van der Waals surface area contributed by atoms with Crippen molar-refractivity contribution in [2.75, 3.05) is 5.84 Å². The summed E-state index contributed by atoms with van der Waals surface area (Å²) in [5.74, 6) is 4.39. The molecule has 4 N–H and O–H groups in total. The van der Waals surface area contributed by atoms with E-state index < -0.39 is 10.8 Å². The summed E-state index contributed by atoms with van der Waals surface area (Å²) in [4.78, 5) is 20.1. The Kier molecular flexibility index (Phi) is 1.70. The molecule has 0 bridgehead atoms. The van der Waals surface area contributed by atoms with Crippen molar-refractivity contribution in [3.63, 3.8) is 0 Å². The Morgan fingerprint density at radius 2 is 2.25 bits per heavy atom.